The summed E-state index contributed by atoms with van der Waals surface area (Å²) in [6.07, 6.45) is 0. The molecule has 5 heteroatoms. The summed E-state index contributed by atoms with van der Waals surface area (Å²) in [5.74, 6) is 0.0393. The van der Waals surface area contributed by atoms with Crippen LogP contribution in [0.5, 0.6) is 0 Å². The molecule has 1 aromatic rings. The highest BCUT2D eigenvalue weighted by atomic mass is 35.5. The smallest absolute Gasteiger partial charge is 0.239 e. The van der Waals surface area contributed by atoms with E-state index in [1.165, 1.54) is 0 Å². The van der Waals surface area contributed by atoms with E-state index in [2.05, 4.69) is 4.90 Å². The number of carbonyl (C=O) groups is 1. The summed E-state index contributed by atoms with van der Waals surface area (Å²) >= 11 is 6.16. The number of rotatable bonds is 3. The molecule has 0 saturated carbocycles. The van der Waals surface area contributed by atoms with Crippen molar-refractivity contribution in [2.45, 2.75) is 19.5 Å². The molecule has 1 aliphatic rings. The molecule has 1 heterocycles. The third kappa shape index (κ3) is 3.69. The van der Waals surface area contributed by atoms with E-state index in [9.17, 15) is 4.79 Å². The van der Waals surface area contributed by atoms with Gasteiger partial charge in [0.05, 0.1) is 6.04 Å². The Labute approximate surface area is 119 Å². The van der Waals surface area contributed by atoms with Crippen molar-refractivity contribution < 1.29 is 4.79 Å². The van der Waals surface area contributed by atoms with Crippen LogP contribution >= 0.6 is 11.6 Å². The first-order valence-electron chi connectivity index (χ1n) is 6.58. The normalized spacial score (nSPS) is 18.4. The zero-order valence-corrected chi connectivity index (χ0v) is 11.9. The van der Waals surface area contributed by atoms with Gasteiger partial charge < -0.3 is 10.6 Å². The lowest BCUT2D eigenvalue weighted by Crippen LogP contribution is -2.52. The van der Waals surface area contributed by atoms with Crippen LogP contribution in [-0.4, -0.2) is 47.9 Å². The lowest BCUT2D eigenvalue weighted by atomic mass is 10.2. The Kier molecular flexibility index (Phi) is 4.80. The molecule has 4 nitrogen and oxygen atoms in total. The number of benzene rings is 1. The van der Waals surface area contributed by atoms with Gasteiger partial charge in [-0.3, -0.25) is 9.69 Å². The van der Waals surface area contributed by atoms with Crippen LogP contribution in [0.25, 0.3) is 0 Å². The average Bonchev–Trinajstić information content (AvgIpc) is 2.41. The van der Waals surface area contributed by atoms with Gasteiger partial charge in [0.2, 0.25) is 5.91 Å². The molecule has 2 rings (SSSR count). The number of hydrogen-bond donors (Lipinski definition) is 1. The van der Waals surface area contributed by atoms with Gasteiger partial charge in [0, 0.05) is 37.7 Å². The molecule has 1 aliphatic heterocycles. The van der Waals surface area contributed by atoms with E-state index in [0.29, 0.717) is 0 Å². The molecule has 0 aromatic heterocycles. The predicted molar refractivity (Wildman–Crippen MR) is 77.0 cm³/mol. The molecule has 0 radical (unpaired) electrons. The molecule has 104 valence electrons. The second-order valence-electron chi connectivity index (χ2n) is 4.98. The number of hydrogen-bond acceptors (Lipinski definition) is 3. The lowest BCUT2D eigenvalue weighted by Gasteiger charge is -2.35. The number of nitrogens with zero attached hydrogens (tertiary/aromatic N) is 2. The third-order valence-corrected chi connectivity index (χ3v) is 3.79. The van der Waals surface area contributed by atoms with Crippen LogP contribution in [0, 0.1) is 0 Å². The van der Waals surface area contributed by atoms with Gasteiger partial charge in [-0.25, -0.2) is 0 Å². The first kappa shape index (κ1) is 14.3. The van der Waals surface area contributed by atoms with E-state index < -0.39 is 6.04 Å². The van der Waals surface area contributed by atoms with Gasteiger partial charge in [-0.15, -0.1) is 0 Å². The topological polar surface area (TPSA) is 49.6 Å². The van der Waals surface area contributed by atoms with Crippen LogP contribution < -0.4 is 5.73 Å². The van der Waals surface area contributed by atoms with E-state index in [1.54, 1.807) is 6.92 Å². The van der Waals surface area contributed by atoms with E-state index in [0.717, 1.165) is 43.3 Å². The second kappa shape index (κ2) is 6.37. The Balaban J connectivity index is 1.87. The van der Waals surface area contributed by atoms with E-state index in [-0.39, 0.29) is 5.91 Å². The molecule has 0 aliphatic carbocycles. The quantitative estimate of drug-likeness (QED) is 0.909. The van der Waals surface area contributed by atoms with Crippen molar-refractivity contribution in [1.29, 1.82) is 0 Å². The molecule has 1 atom stereocenters. The first-order chi connectivity index (χ1) is 9.08. The third-order valence-electron chi connectivity index (χ3n) is 3.43. The summed E-state index contributed by atoms with van der Waals surface area (Å²) in [5, 5.41) is 0.802. The maximum Gasteiger partial charge on any atom is 0.239 e. The second-order valence-corrected chi connectivity index (χ2v) is 5.39. The highest BCUT2D eigenvalue weighted by Crippen LogP contribution is 2.17. The minimum absolute atomic E-state index is 0.0393. The van der Waals surface area contributed by atoms with Gasteiger partial charge in [0.15, 0.2) is 0 Å². The van der Waals surface area contributed by atoms with Crippen molar-refractivity contribution in [3.8, 4) is 0 Å². The van der Waals surface area contributed by atoms with E-state index in [4.69, 9.17) is 17.3 Å². The molecule has 0 bridgehead atoms. The van der Waals surface area contributed by atoms with Crippen LogP contribution in [0.3, 0.4) is 0 Å². The molecule has 2 N–H and O–H groups in total. The van der Waals surface area contributed by atoms with Gasteiger partial charge in [-0.2, -0.15) is 0 Å². The zero-order valence-electron chi connectivity index (χ0n) is 11.2. The highest BCUT2D eigenvalue weighted by molar-refractivity contribution is 6.31. The van der Waals surface area contributed by atoms with Gasteiger partial charge >= 0.3 is 0 Å². The number of halogens is 1. The zero-order chi connectivity index (χ0) is 13.8. The largest absolute Gasteiger partial charge is 0.339 e. The van der Waals surface area contributed by atoms with Gasteiger partial charge in [-0.05, 0) is 18.6 Å². The lowest BCUT2D eigenvalue weighted by molar-refractivity contribution is -0.134. The van der Waals surface area contributed by atoms with Crippen molar-refractivity contribution in [2.24, 2.45) is 5.73 Å². The molecule has 1 amide bonds. The minimum atomic E-state index is -0.407. The van der Waals surface area contributed by atoms with Crippen molar-refractivity contribution in [3.63, 3.8) is 0 Å². The van der Waals surface area contributed by atoms with Gasteiger partial charge in [0.1, 0.15) is 0 Å². The fraction of sp³-hybridized carbons (Fsp3) is 0.500. The van der Waals surface area contributed by atoms with Crippen LogP contribution in [-0.2, 0) is 11.3 Å². The van der Waals surface area contributed by atoms with Crippen LogP contribution in [0.4, 0.5) is 0 Å². The van der Waals surface area contributed by atoms with Crippen molar-refractivity contribution >= 4 is 17.5 Å². The Hall–Kier alpha value is -1.10. The molecule has 0 spiro atoms. The maximum absolute atomic E-state index is 11.8. The standard InChI is InChI=1S/C14H20ClN3O/c1-11(16)14(19)18-8-6-17(7-9-18)10-12-4-2-3-5-13(12)15/h2-5,11H,6-10,16H2,1H3/t11-/m1/s1. The van der Waals surface area contributed by atoms with Gasteiger partial charge in [0.25, 0.3) is 0 Å². The minimum Gasteiger partial charge on any atom is -0.339 e. The molecule has 0 unspecified atom stereocenters. The van der Waals surface area contributed by atoms with Crippen LogP contribution in [0.1, 0.15) is 12.5 Å². The molecule has 19 heavy (non-hydrogen) atoms. The fourth-order valence-corrected chi connectivity index (χ4v) is 2.48. The van der Waals surface area contributed by atoms with E-state index in [1.807, 2.05) is 29.2 Å². The van der Waals surface area contributed by atoms with Crippen LogP contribution in [0.2, 0.25) is 5.02 Å². The molecule has 1 aromatic carbocycles. The summed E-state index contributed by atoms with van der Waals surface area (Å²) in [6, 6.07) is 7.48. The first-order valence-corrected chi connectivity index (χ1v) is 6.96. The SMILES string of the molecule is C[C@@H](N)C(=O)N1CCN(Cc2ccccc2Cl)CC1. The Bertz CT molecular complexity index is 442. The number of carbonyl (C=O) groups excluding carboxylic acids is 1. The summed E-state index contributed by atoms with van der Waals surface area (Å²) in [6.45, 7) is 5.78. The Morgan fingerprint density at radius 1 is 1.32 bits per heavy atom. The van der Waals surface area contributed by atoms with Crippen molar-refractivity contribution in [3.05, 3.63) is 34.9 Å². The summed E-state index contributed by atoms with van der Waals surface area (Å²) < 4.78 is 0. The summed E-state index contributed by atoms with van der Waals surface area (Å²) in [7, 11) is 0. The number of piperazine rings is 1. The summed E-state index contributed by atoms with van der Waals surface area (Å²) in [5.41, 5.74) is 6.76. The molecular weight excluding hydrogens is 262 g/mol. The molecular formula is C14H20ClN3O. The van der Waals surface area contributed by atoms with Crippen molar-refractivity contribution in [2.75, 3.05) is 26.2 Å². The van der Waals surface area contributed by atoms with Crippen molar-refractivity contribution in [1.82, 2.24) is 9.80 Å². The maximum atomic E-state index is 11.8. The summed E-state index contributed by atoms with van der Waals surface area (Å²) in [4.78, 5) is 15.9. The Morgan fingerprint density at radius 3 is 2.53 bits per heavy atom. The number of nitrogens with two attached hydrogens (primary N) is 1. The predicted octanol–water partition coefficient (Wildman–Crippen LogP) is 1.33. The average molecular weight is 282 g/mol. The highest BCUT2D eigenvalue weighted by Gasteiger charge is 2.23. The fourth-order valence-electron chi connectivity index (χ4n) is 2.28. The van der Waals surface area contributed by atoms with E-state index >= 15 is 0 Å². The molecule has 1 fully saturated rings. The van der Waals surface area contributed by atoms with Crippen LogP contribution in [0.15, 0.2) is 24.3 Å². The number of amides is 1. The Morgan fingerprint density at radius 2 is 1.95 bits per heavy atom. The molecule has 1 saturated heterocycles. The monoisotopic (exact) mass is 281 g/mol. The van der Waals surface area contributed by atoms with Gasteiger partial charge in [-0.1, -0.05) is 29.8 Å².